The molecule has 0 saturated heterocycles. The molecule has 5 nitrogen and oxygen atoms in total. The first-order chi connectivity index (χ1) is 8.24. The maximum atomic E-state index is 11.7. The number of fused-ring (bicyclic) bond motifs is 1. The van der Waals surface area contributed by atoms with Gasteiger partial charge in [-0.25, -0.2) is 4.98 Å². The van der Waals surface area contributed by atoms with Crippen molar-refractivity contribution in [3.63, 3.8) is 0 Å². The van der Waals surface area contributed by atoms with Crippen molar-refractivity contribution in [2.45, 2.75) is 46.1 Å². The molecule has 0 saturated carbocycles. The van der Waals surface area contributed by atoms with E-state index >= 15 is 0 Å². The number of H-pyrrole nitrogens is 1. The van der Waals surface area contributed by atoms with Crippen LogP contribution >= 0.6 is 0 Å². The highest BCUT2D eigenvalue weighted by molar-refractivity contribution is 5.75. The van der Waals surface area contributed by atoms with Gasteiger partial charge in [-0.3, -0.25) is 9.48 Å². The van der Waals surface area contributed by atoms with Crippen LogP contribution in [-0.4, -0.2) is 19.7 Å². The summed E-state index contributed by atoms with van der Waals surface area (Å²) in [6.45, 7) is 4.86. The zero-order chi connectivity index (χ0) is 12.3. The van der Waals surface area contributed by atoms with Crippen molar-refractivity contribution in [2.75, 3.05) is 0 Å². The Hall–Kier alpha value is -1.65. The lowest BCUT2D eigenvalue weighted by molar-refractivity contribution is 0.550. The molecule has 0 radical (unpaired) electrons. The fraction of sp³-hybridized carbons (Fsp3) is 0.583. The number of hydrogen-bond acceptors (Lipinski definition) is 3. The van der Waals surface area contributed by atoms with Gasteiger partial charge in [-0.15, -0.1) is 0 Å². The molecule has 0 spiro atoms. The van der Waals surface area contributed by atoms with Crippen LogP contribution in [0.4, 0.5) is 0 Å². The van der Waals surface area contributed by atoms with Crippen molar-refractivity contribution in [2.24, 2.45) is 0 Å². The largest absolute Gasteiger partial charge is 0.311 e. The predicted molar refractivity (Wildman–Crippen MR) is 67.0 cm³/mol. The maximum absolute atomic E-state index is 11.7. The van der Waals surface area contributed by atoms with E-state index in [-0.39, 0.29) is 5.56 Å². The Balaban J connectivity index is 2.25. The Labute approximate surface area is 99.9 Å². The van der Waals surface area contributed by atoms with E-state index in [4.69, 9.17) is 0 Å². The third-order valence-electron chi connectivity index (χ3n) is 2.92. The Morgan fingerprint density at radius 2 is 2.18 bits per heavy atom. The van der Waals surface area contributed by atoms with Gasteiger partial charge in [-0.05, 0) is 13.3 Å². The van der Waals surface area contributed by atoms with Crippen molar-refractivity contribution in [1.82, 2.24) is 19.7 Å². The summed E-state index contributed by atoms with van der Waals surface area (Å²) in [4.78, 5) is 18.5. The summed E-state index contributed by atoms with van der Waals surface area (Å²) < 4.78 is 1.78. The standard InChI is InChI=1S/C12H18N4O/c1-3-4-5-6-7-16-11-10(9(2)15-16)13-8-14-12(11)17/h8H,3-7H2,1-2H3,(H,13,14,17). The number of hydrogen-bond donors (Lipinski definition) is 1. The van der Waals surface area contributed by atoms with Crippen LogP contribution in [0.15, 0.2) is 11.1 Å². The zero-order valence-electron chi connectivity index (χ0n) is 10.4. The van der Waals surface area contributed by atoms with E-state index < -0.39 is 0 Å². The molecule has 0 bridgehead atoms. The van der Waals surface area contributed by atoms with Crippen LogP contribution in [0.5, 0.6) is 0 Å². The molecule has 0 aromatic carbocycles. The average molecular weight is 234 g/mol. The summed E-state index contributed by atoms with van der Waals surface area (Å²) >= 11 is 0. The van der Waals surface area contributed by atoms with Crippen LogP contribution in [0.3, 0.4) is 0 Å². The van der Waals surface area contributed by atoms with Crippen LogP contribution in [0.1, 0.15) is 38.3 Å². The van der Waals surface area contributed by atoms with E-state index in [2.05, 4.69) is 22.0 Å². The molecule has 2 aromatic rings. The Kier molecular flexibility index (Phi) is 3.56. The van der Waals surface area contributed by atoms with Crippen LogP contribution in [0.2, 0.25) is 0 Å². The summed E-state index contributed by atoms with van der Waals surface area (Å²) in [6.07, 6.45) is 6.10. The Morgan fingerprint density at radius 1 is 1.35 bits per heavy atom. The highest BCUT2D eigenvalue weighted by atomic mass is 16.1. The number of nitrogens with zero attached hydrogens (tertiary/aromatic N) is 3. The summed E-state index contributed by atoms with van der Waals surface area (Å²) in [7, 11) is 0. The van der Waals surface area contributed by atoms with Crippen molar-refractivity contribution >= 4 is 11.0 Å². The fourth-order valence-electron chi connectivity index (χ4n) is 2.03. The topological polar surface area (TPSA) is 63.6 Å². The smallest absolute Gasteiger partial charge is 0.276 e. The van der Waals surface area contributed by atoms with Crippen molar-refractivity contribution < 1.29 is 0 Å². The Bertz CT molecular complexity index is 555. The average Bonchev–Trinajstić information content (AvgIpc) is 2.64. The summed E-state index contributed by atoms with van der Waals surface area (Å²) in [5.41, 5.74) is 2.03. The summed E-state index contributed by atoms with van der Waals surface area (Å²) in [5, 5.41) is 4.38. The van der Waals surface area contributed by atoms with Gasteiger partial charge >= 0.3 is 0 Å². The van der Waals surface area contributed by atoms with Gasteiger partial charge in [0.2, 0.25) is 0 Å². The SMILES string of the molecule is CCCCCCn1nc(C)c2nc[nH]c(=O)c21. The van der Waals surface area contributed by atoms with E-state index in [1.54, 1.807) is 4.68 Å². The summed E-state index contributed by atoms with van der Waals surface area (Å²) in [5.74, 6) is 0. The molecule has 0 aliphatic heterocycles. The van der Waals surface area contributed by atoms with E-state index in [1.165, 1.54) is 25.6 Å². The molecule has 5 heteroatoms. The lowest BCUT2D eigenvalue weighted by Gasteiger charge is -2.01. The highest BCUT2D eigenvalue weighted by Crippen LogP contribution is 2.12. The lowest BCUT2D eigenvalue weighted by Crippen LogP contribution is -2.12. The second kappa shape index (κ2) is 5.12. The number of rotatable bonds is 5. The molecular weight excluding hydrogens is 216 g/mol. The summed E-state index contributed by atoms with van der Waals surface area (Å²) in [6, 6.07) is 0. The molecule has 0 aliphatic carbocycles. The van der Waals surface area contributed by atoms with E-state index in [9.17, 15) is 4.79 Å². The fourth-order valence-corrected chi connectivity index (χ4v) is 2.03. The molecule has 1 N–H and O–H groups in total. The molecule has 0 aliphatic rings. The molecule has 0 atom stereocenters. The second-order valence-corrected chi connectivity index (χ2v) is 4.30. The van der Waals surface area contributed by atoms with E-state index in [0.717, 1.165) is 18.7 Å². The molecule has 0 unspecified atom stereocenters. The van der Waals surface area contributed by atoms with Gasteiger partial charge in [0, 0.05) is 6.54 Å². The Morgan fingerprint density at radius 3 is 2.94 bits per heavy atom. The predicted octanol–water partition coefficient (Wildman–Crippen LogP) is 2.01. The molecule has 2 heterocycles. The molecule has 2 aromatic heterocycles. The minimum absolute atomic E-state index is 0.105. The first-order valence-corrected chi connectivity index (χ1v) is 6.15. The first-order valence-electron chi connectivity index (χ1n) is 6.15. The van der Waals surface area contributed by atoms with Gasteiger partial charge < -0.3 is 4.98 Å². The number of aromatic nitrogens is 4. The number of unbranched alkanes of at least 4 members (excludes halogenated alkanes) is 3. The van der Waals surface area contributed by atoms with Crippen LogP contribution in [0.25, 0.3) is 11.0 Å². The number of aromatic amines is 1. The molecule has 2 rings (SSSR count). The minimum atomic E-state index is -0.105. The van der Waals surface area contributed by atoms with Gasteiger partial charge in [0.15, 0.2) is 5.52 Å². The molecule has 0 fully saturated rings. The monoisotopic (exact) mass is 234 g/mol. The van der Waals surface area contributed by atoms with Gasteiger partial charge in [-0.2, -0.15) is 5.10 Å². The van der Waals surface area contributed by atoms with E-state index in [1.807, 2.05) is 6.92 Å². The third kappa shape index (κ3) is 2.38. The molecule has 92 valence electrons. The molecular formula is C12H18N4O. The minimum Gasteiger partial charge on any atom is -0.311 e. The van der Waals surface area contributed by atoms with Crippen LogP contribution < -0.4 is 5.56 Å². The van der Waals surface area contributed by atoms with E-state index in [0.29, 0.717) is 11.0 Å². The quantitative estimate of drug-likeness (QED) is 0.805. The van der Waals surface area contributed by atoms with Gasteiger partial charge in [0.05, 0.1) is 12.0 Å². The van der Waals surface area contributed by atoms with Gasteiger partial charge in [0.25, 0.3) is 5.56 Å². The van der Waals surface area contributed by atoms with Crippen molar-refractivity contribution in [3.05, 3.63) is 22.4 Å². The molecule has 0 amide bonds. The zero-order valence-corrected chi connectivity index (χ0v) is 10.4. The van der Waals surface area contributed by atoms with Crippen LogP contribution in [-0.2, 0) is 6.54 Å². The van der Waals surface area contributed by atoms with Crippen molar-refractivity contribution in [1.29, 1.82) is 0 Å². The number of nitrogens with one attached hydrogen (secondary N) is 1. The molecule has 17 heavy (non-hydrogen) atoms. The third-order valence-corrected chi connectivity index (χ3v) is 2.92. The van der Waals surface area contributed by atoms with Crippen molar-refractivity contribution in [3.8, 4) is 0 Å². The second-order valence-electron chi connectivity index (χ2n) is 4.30. The maximum Gasteiger partial charge on any atom is 0.276 e. The van der Waals surface area contributed by atoms with Gasteiger partial charge in [-0.1, -0.05) is 26.2 Å². The van der Waals surface area contributed by atoms with Gasteiger partial charge in [0.1, 0.15) is 5.52 Å². The number of aryl methyl sites for hydroxylation is 2. The first kappa shape index (κ1) is 11.8. The lowest BCUT2D eigenvalue weighted by atomic mass is 10.2. The van der Waals surface area contributed by atoms with Crippen LogP contribution in [0, 0.1) is 6.92 Å². The highest BCUT2D eigenvalue weighted by Gasteiger charge is 2.11. The normalized spacial score (nSPS) is 11.2.